The minimum atomic E-state index is -1.30. The molecule has 0 aliphatic carbocycles. The predicted octanol–water partition coefficient (Wildman–Crippen LogP) is 2.10. The van der Waals surface area contributed by atoms with Crippen LogP contribution in [-0.2, 0) is 16.1 Å². The first-order valence-corrected chi connectivity index (χ1v) is 8.47. The van der Waals surface area contributed by atoms with Crippen molar-refractivity contribution in [1.29, 1.82) is 0 Å². The Balaban J connectivity index is 1.93. The number of nitrogens with zero attached hydrogens (tertiary/aromatic N) is 2. The van der Waals surface area contributed by atoms with Crippen molar-refractivity contribution in [3.63, 3.8) is 0 Å². The van der Waals surface area contributed by atoms with Gasteiger partial charge in [-0.1, -0.05) is 42.1 Å². The summed E-state index contributed by atoms with van der Waals surface area (Å²) in [6, 6.07) is 14.8. The molecule has 128 valence electrons. The SMILES string of the molecule is O=C([O-])[C@@H]1CC(=O)N(Cc2ccccc2)C(=Nc2ccc(F)cc2)S1. The Hall–Kier alpha value is -2.67. The molecule has 0 N–H and O–H groups in total. The van der Waals surface area contributed by atoms with E-state index in [-0.39, 0.29) is 24.0 Å². The number of hydrogen-bond acceptors (Lipinski definition) is 5. The second-order valence-electron chi connectivity index (χ2n) is 5.47. The van der Waals surface area contributed by atoms with Crippen molar-refractivity contribution >= 4 is 34.5 Å². The molecule has 3 rings (SSSR count). The third-order valence-electron chi connectivity index (χ3n) is 3.64. The van der Waals surface area contributed by atoms with E-state index in [9.17, 15) is 19.1 Å². The standard InChI is InChI=1S/C18H15FN2O3S/c19-13-6-8-14(9-7-13)20-18-21(11-12-4-2-1-3-5-12)16(22)10-15(25-18)17(23)24/h1-9,15H,10-11H2,(H,23,24)/p-1/t15-/m0/s1. The molecule has 0 bridgehead atoms. The Morgan fingerprint density at radius 2 is 1.88 bits per heavy atom. The van der Waals surface area contributed by atoms with E-state index in [1.54, 1.807) is 0 Å². The summed E-state index contributed by atoms with van der Waals surface area (Å²) in [4.78, 5) is 29.4. The molecule has 1 aliphatic heterocycles. The lowest BCUT2D eigenvalue weighted by atomic mass is 10.2. The van der Waals surface area contributed by atoms with Gasteiger partial charge in [-0.15, -0.1) is 0 Å². The normalized spacial score (nSPS) is 19.2. The predicted molar refractivity (Wildman–Crippen MR) is 91.5 cm³/mol. The first kappa shape index (κ1) is 17.2. The lowest BCUT2D eigenvalue weighted by molar-refractivity contribution is -0.304. The molecule has 25 heavy (non-hydrogen) atoms. The summed E-state index contributed by atoms with van der Waals surface area (Å²) in [6.45, 7) is 0.284. The van der Waals surface area contributed by atoms with E-state index < -0.39 is 17.0 Å². The van der Waals surface area contributed by atoms with Gasteiger partial charge in [0, 0.05) is 6.42 Å². The van der Waals surface area contributed by atoms with Crippen LogP contribution in [0.15, 0.2) is 59.6 Å². The average molecular weight is 357 g/mol. The number of carbonyl (C=O) groups excluding carboxylic acids is 2. The summed E-state index contributed by atoms with van der Waals surface area (Å²) in [5.74, 6) is -2.03. The summed E-state index contributed by atoms with van der Waals surface area (Å²) in [5.41, 5.74) is 1.34. The number of benzene rings is 2. The molecule has 0 aromatic heterocycles. The summed E-state index contributed by atoms with van der Waals surface area (Å²) in [5, 5.41) is 10.5. The fourth-order valence-electron chi connectivity index (χ4n) is 2.37. The van der Waals surface area contributed by atoms with Crippen LogP contribution in [0.2, 0.25) is 0 Å². The third kappa shape index (κ3) is 4.24. The van der Waals surface area contributed by atoms with Crippen LogP contribution in [0.4, 0.5) is 10.1 Å². The van der Waals surface area contributed by atoms with Crippen LogP contribution in [-0.4, -0.2) is 27.2 Å². The molecule has 0 radical (unpaired) electrons. The number of carboxylic acid groups (broad SMARTS) is 1. The lowest BCUT2D eigenvalue weighted by Gasteiger charge is -2.32. The van der Waals surface area contributed by atoms with Crippen LogP contribution in [0, 0.1) is 5.82 Å². The summed E-state index contributed by atoms with van der Waals surface area (Å²) in [7, 11) is 0. The van der Waals surface area contributed by atoms with Crippen LogP contribution in [0.1, 0.15) is 12.0 Å². The minimum absolute atomic E-state index is 0.151. The number of hydrogen-bond donors (Lipinski definition) is 0. The molecule has 7 heteroatoms. The molecule has 0 unspecified atom stereocenters. The van der Waals surface area contributed by atoms with E-state index in [4.69, 9.17) is 0 Å². The number of aliphatic carboxylic acids is 1. The number of carboxylic acids is 1. The highest BCUT2D eigenvalue weighted by Crippen LogP contribution is 2.29. The van der Waals surface area contributed by atoms with E-state index in [1.165, 1.54) is 29.2 Å². The van der Waals surface area contributed by atoms with Gasteiger partial charge in [-0.2, -0.15) is 0 Å². The van der Waals surface area contributed by atoms with Gasteiger partial charge in [0.05, 0.1) is 23.5 Å². The van der Waals surface area contributed by atoms with Crippen LogP contribution in [0.5, 0.6) is 0 Å². The highest BCUT2D eigenvalue weighted by Gasteiger charge is 2.32. The molecule has 5 nitrogen and oxygen atoms in total. The van der Waals surface area contributed by atoms with Crippen molar-refractivity contribution < 1.29 is 19.1 Å². The molecule has 0 spiro atoms. The maximum atomic E-state index is 13.1. The summed E-state index contributed by atoms with van der Waals surface area (Å²) >= 11 is 0.969. The van der Waals surface area contributed by atoms with Crippen molar-refractivity contribution in [2.75, 3.05) is 0 Å². The van der Waals surface area contributed by atoms with Gasteiger partial charge >= 0.3 is 0 Å². The largest absolute Gasteiger partial charge is 0.549 e. The molecule has 1 saturated heterocycles. The summed E-state index contributed by atoms with van der Waals surface area (Å²) < 4.78 is 13.1. The number of thioether (sulfide) groups is 1. The molecule has 0 saturated carbocycles. The molecule has 1 aliphatic rings. The van der Waals surface area contributed by atoms with Gasteiger partial charge in [0.25, 0.3) is 0 Å². The fraction of sp³-hybridized carbons (Fsp3) is 0.167. The highest BCUT2D eigenvalue weighted by molar-refractivity contribution is 8.15. The first-order valence-electron chi connectivity index (χ1n) is 7.59. The van der Waals surface area contributed by atoms with Crippen LogP contribution < -0.4 is 5.11 Å². The van der Waals surface area contributed by atoms with E-state index in [0.29, 0.717) is 5.69 Å². The van der Waals surface area contributed by atoms with E-state index in [0.717, 1.165) is 17.3 Å². The second kappa shape index (κ2) is 7.48. The lowest BCUT2D eigenvalue weighted by Crippen LogP contribution is -2.47. The molecule has 2 aromatic rings. The zero-order valence-corrected chi connectivity index (χ0v) is 13.9. The van der Waals surface area contributed by atoms with Crippen molar-refractivity contribution in [2.24, 2.45) is 4.99 Å². The number of rotatable bonds is 4. The number of aliphatic imine (C=N–C) groups is 1. The van der Waals surface area contributed by atoms with Gasteiger partial charge in [0.15, 0.2) is 5.17 Å². The van der Waals surface area contributed by atoms with Crippen molar-refractivity contribution in [1.82, 2.24) is 4.90 Å². The van der Waals surface area contributed by atoms with Gasteiger partial charge in [-0.05, 0) is 29.8 Å². The average Bonchev–Trinajstić information content (AvgIpc) is 2.60. The molecule has 1 amide bonds. The zero-order chi connectivity index (χ0) is 17.8. The Morgan fingerprint density at radius 3 is 2.52 bits per heavy atom. The van der Waals surface area contributed by atoms with Gasteiger partial charge < -0.3 is 9.90 Å². The van der Waals surface area contributed by atoms with E-state index in [1.807, 2.05) is 30.3 Å². The minimum Gasteiger partial charge on any atom is -0.549 e. The molecule has 2 aromatic carbocycles. The topological polar surface area (TPSA) is 72.8 Å². The van der Waals surface area contributed by atoms with Gasteiger partial charge in [0.2, 0.25) is 5.91 Å². The molecule has 1 heterocycles. The van der Waals surface area contributed by atoms with Gasteiger partial charge in [-0.25, -0.2) is 9.38 Å². The first-order chi connectivity index (χ1) is 12.0. The third-order valence-corrected chi connectivity index (χ3v) is 4.80. The number of amidine groups is 1. The molecular formula is C18H14FN2O3S-. The number of amides is 1. The maximum Gasteiger partial charge on any atom is 0.230 e. The Bertz CT molecular complexity index is 809. The van der Waals surface area contributed by atoms with Crippen molar-refractivity contribution in [3.05, 3.63) is 66.0 Å². The zero-order valence-electron chi connectivity index (χ0n) is 13.1. The van der Waals surface area contributed by atoms with Crippen molar-refractivity contribution in [2.45, 2.75) is 18.2 Å². The molecule has 1 atom stereocenters. The van der Waals surface area contributed by atoms with Gasteiger partial charge in [-0.3, -0.25) is 9.69 Å². The number of halogens is 1. The van der Waals surface area contributed by atoms with Crippen molar-refractivity contribution in [3.8, 4) is 0 Å². The maximum absolute atomic E-state index is 13.1. The quantitative estimate of drug-likeness (QED) is 0.840. The van der Waals surface area contributed by atoms with Crippen LogP contribution in [0.25, 0.3) is 0 Å². The Labute approximate surface area is 148 Å². The van der Waals surface area contributed by atoms with Gasteiger partial charge in [0.1, 0.15) is 5.82 Å². The molecular weight excluding hydrogens is 343 g/mol. The Morgan fingerprint density at radius 1 is 1.20 bits per heavy atom. The van der Waals surface area contributed by atoms with Crippen LogP contribution in [0.3, 0.4) is 0 Å². The highest BCUT2D eigenvalue weighted by atomic mass is 32.2. The number of carbonyl (C=O) groups is 2. The van der Waals surface area contributed by atoms with Crippen LogP contribution >= 0.6 is 11.8 Å². The Kier molecular flexibility index (Phi) is 5.14. The monoisotopic (exact) mass is 357 g/mol. The second-order valence-corrected chi connectivity index (χ2v) is 6.64. The summed E-state index contributed by atoms with van der Waals surface area (Å²) in [6.07, 6.45) is -0.151. The molecule has 1 fully saturated rings. The fourth-order valence-corrected chi connectivity index (χ4v) is 3.40. The van der Waals surface area contributed by atoms with E-state index in [2.05, 4.69) is 4.99 Å². The van der Waals surface area contributed by atoms with E-state index >= 15 is 0 Å². The smallest absolute Gasteiger partial charge is 0.230 e.